The van der Waals surface area contributed by atoms with Crippen molar-refractivity contribution in [2.45, 2.75) is 17.5 Å². The number of rotatable bonds is 7. The third-order valence-corrected chi connectivity index (χ3v) is 7.17. The highest BCUT2D eigenvalue weighted by molar-refractivity contribution is 8.00. The number of para-hydroxylation sites is 1. The lowest BCUT2D eigenvalue weighted by Crippen LogP contribution is -2.71. The van der Waals surface area contributed by atoms with Crippen LogP contribution in [0.15, 0.2) is 58.9 Å². The zero-order valence-corrected chi connectivity index (χ0v) is 20.0. The number of fused-ring (bicyclic) bond motifs is 1. The van der Waals surface area contributed by atoms with Gasteiger partial charge in [0.25, 0.3) is 5.91 Å². The highest BCUT2D eigenvalue weighted by Gasteiger charge is 2.54. The summed E-state index contributed by atoms with van der Waals surface area (Å²) in [7, 11) is 0. The van der Waals surface area contributed by atoms with Crippen LogP contribution in [0, 0.1) is 0 Å². The number of thioether (sulfide) groups is 1. The summed E-state index contributed by atoms with van der Waals surface area (Å²) < 4.78 is 0. The van der Waals surface area contributed by atoms with Gasteiger partial charge in [0.05, 0.1) is 16.3 Å². The van der Waals surface area contributed by atoms with Crippen molar-refractivity contribution in [1.29, 1.82) is 0 Å². The first kappa shape index (κ1) is 24.9. The third-order valence-electron chi connectivity index (χ3n) is 5.29. The highest BCUT2D eigenvalue weighted by atomic mass is 35.5. The second-order valence-electron chi connectivity index (χ2n) is 7.52. The number of benzene rings is 2. The maximum absolute atomic E-state index is 12.8. The van der Waals surface area contributed by atoms with Gasteiger partial charge in [0.2, 0.25) is 5.91 Å². The molecule has 0 spiro atoms. The largest absolute Gasteiger partial charge is 0.505 e. The molecule has 3 atom stereocenters. The molecule has 0 aromatic heterocycles. The second kappa shape index (κ2) is 10.2. The van der Waals surface area contributed by atoms with Gasteiger partial charge in [-0.2, -0.15) is 0 Å². The molecule has 2 amide bonds. The lowest BCUT2D eigenvalue weighted by molar-refractivity contribution is -0.150. The van der Waals surface area contributed by atoms with Crippen LogP contribution in [0.5, 0.6) is 11.5 Å². The van der Waals surface area contributed by atoms with Crippen LogP contribution in [0.3, 0.4) is 0 Å². The summed E-state index contributed by atoms with van der Waals surface area (Å²) in [4.78, 5) is 43.8. The molecule has 2 aliphatic heterocycles. The number of halogens is 2. The summed E-state index contributed by atoms with van der Waals surface area (Å²) in [5.74, 6) is -2.24. The maximum Gasteiger partial charge on any atom is 0.353 e. The Balaban J connectivity index is 1.47. The Labute approximate surface area is 213 Å². The van der Waals surface area contributed by atoms with E-state index in [-0.39, 0.29) is 38.4 Å². The predicted molar refractivity (Wildman–Crippen MR) is 130 cm³/mol. The molecule has 2 heterocycles. The summed E-state index contributed by atoms with van der Waals surface area (Å²) in [6, 6.07) is 9.10. The fourth-order valence-electron chi connectivity index (χ4n) is 3.53. The Hall–Kier alpha value is -3.25. The summed E-state index contributed by atoms with van der Waals surface area (Å²) in [5, 5.41) is 25.0. The second-order valence-corrected chi connectivity index (χ2v) is 9.44. The number of amides is 2. The number of carboxylic acid groups (broad SMARTS) is 1. The topological polar surface area (TPSA) is 155 Å². The molecule has 0 aliphatic carbocycles. The van der Waals surface area contributed by atoms with Crippen LogP contribution in [0.25, 0.3) is 0 Å². The number of carboxylic acids is 1. The number of hydrogen-bond donors (Lipinski definition) is 4. The molecule has 0 bridgehead atoms. The van der Waals surface area contributed by atoms with Gasteiger partial charge in [-0.1, -0.05) is 46.6 Å². The zero-order chi connectivity index (χ0) is 25.3. The van der Waals surface area contributed by atoms with E-state index in [9.17, 15) is 24.6 Å². The molecular weight excluding hydrogens is 519 g/mol. The van der Waals surface area contributed by atoms with Crippen molar-refractivity contribution < 1.29 is 29.4 Å². The Kier molecular flexibility index (Phi) is 7.22. The van der Waals surface area contributed by atoms with Crippen molar-refractivity contribution >= 4 is 59.0 Å². The fraction of sp³-hybridized carbons (Fsp3) is 0.182. The number of aromatic hydroxyl groups is 1. The minimum atomic E-state index is -1.31. The van der Waals surface area contributed by atoms with Crippen LogP contribution >= 0.6 is 35.0 Å². The SMILES string of the molecule is NC(C(=O)N[C@@H]1C(=O)N2C(C(=O)O)=C(C=NOc3ccccc3)CS[C@@H]12)c1cc(Cl)c(O)c(Cl)c1. The number of aliphatic carboxylic acids is 1. The number of oxime groups is 1. The number of nitrogens with two attached hydrogens (primary N) is 1. The fourth-order valence-corrected chi connectivity index (χ4v) is 5.33. The van der Waals surface area contributed by atoms with Crippen LogP contribution in [-0.2, 0) is 14.4 Å². The molecule has 4 rings (SSSR count). The van der Waals surface area contributed by atoms with E-state index in [2.05, 4.69) is 10.5 Å². The molecule has 10 nitrogen and oxygen atoms in total. The number of phenols is 1. The average molecular weight is 537 g/mol. The molecule has 5 N–H and O–H groups in total. The van der Waals surface area contributed by atoms with E-state index < -0.39 is 35.2 Å². The molecule has 1 saturated heterocycles. The third kappa shape index (κ3) is 4.94. The van der Waals surface area contributed by atoms with E-state index in [4.69, 9.17) is 33.8 Å². The number of nitrogens with one attached hydrogen (secondary N) is 1. The van der Waals surface area contributed by atoms with Gasteiger partial charge in [-0.05, 0) is 29.8 Å². The molecule has 2 aliphatic rings. The number of phenolic OH excluding ortho intramolecular Hbond substituents is 1. The lowest BCUT2D eigenvalue weighted by Gasteiger charge is -2.49. The minimum Gasteiger partial charge on any atom is -0.505 e. The Morgan fingerprint density at radius 3 is 2.54 bits per heavy atom. The van der Waals surface area contributed by atoms with Crippen LogP contribution in [0.1, 0.15) is 11.6 Å². The smallest absolute Gasteiger partial charge is 0.353 e. The lowest BCUT2D eigenvalue weighted by atomic mass is 10.0. The number of carbonyl (C=O) groups excluding carboxylic acids is 2. The quantitative estimate of drug-likeness (QED) is 0.239. The van der Waals surface area contributed by atoms with Crippen LogP contribution in [-0.4, -0.2) is 56.3 Å². The standard InChI is InChI=1S/C22H18Cl2N4O6S/c23-13-6-10(7-14(24)18(13)29)15(25)19(30)27-16-20(31)28-17(22(32)33)11(9-35-21(16)28)8-26-34-12-4-2-1-3-5-12/h1-8,15-16,21,29H,9,25H2,(H,27,30)(H,32,33)/t15?,16-,21+/m1/s1. The van der Waals surface area contributed by atoms with E-state index in [0.717, 1.165) is 4.90 Å². The molecule has 13 heteroatoms. The zero-order valence-electron chi connectivity index (χ0n) is 17.7. The van der Waals surface area contributed by atoms with Crippen molar-refractivity contribution in [3.8, 4) is 11.5 Å². The predicted octanol–water partition coefficient (Wildman–Crippen LogP) is 2.50. The van der Waals surface area contributed by atoms with Gasteiger partial charge in [-0.3, -0.25) is 14.5 Å². The van der Waals surface area contributed by atoms with E-state index >= 15 is 0 Å². The summed E-state index contributed by atoms with van der Waals surface area (Å²) >= 11 is 13.0. The highest BCUT2D eigenvalue weighted by Crippen LogP contribution is 2.40. The molecule has 182 valence electrons. The first-order valence-corrected chi connectivity index (χ1v) is 11.9. The van der Waals surface area contributed by atoms with Gasteiger partial charge in [0.15, 0.2) is 11.5 Å². The monoisotopic (exact) mass is 536 g/mol. The molecule has 2 aromatic rings. The molecule has 1 fully saturated rings. The van der Waals surface area contributed by atoms with E-state index in [0.29, 0.717) is 5.75 Å². The van der Waals surface area contributed by atoms with E-state index in [1.54, 1.807) is 24.3 Å². The van der Waals surface area contributed by atoms with E-state index in [1.165, 1.54) is 30.1 Å². The molecule has 0 saturated carbocycles. The van der Waals surface area contributed by atoms with E-state index in [1.807, 2.05) is 6.07 Å². The molecule has 1 unspecified atom stereocenters. The number of β-lactam (4-membered cyclic amide) rings is 1. The number of carbonyl (C=O) groups is 3. The summed E-state index contributed by atoms with van der Waals surface area (Å²) in [5.41, 5.74) is 6.28. The van der Waals surface area contributed by atoms with Crippen molar-refractivity contribution in [2.75, 3.05) is 5.75 Å². The van der Waals surface area contributed by atoms with Gasteiger partial charge < -0.3 is 26.1 Å². The summed E-state index contributed by atoms with van der Waals surface area (Å²) in [6.07, 6.45) is 1.26. The van der Waals surface area contributed by atoms with Gasteiger partial charge >= 0.3 is 5.97 Å². The maximum atomic E-state index is 12.8. The minimum absolute atomic E-state index is 0.0776. The van der Waals surface area contributed by atoms with Crippen molar-refractivity contribution in [3.05, 3.63) is 69.3 Å². The molecule has 35 heavy (non-hydrogen) atoms. The first-order valence-electron chi connectivity index (χ1n) is 10.1. The summed E-state index contributed by atoms with van der Waals surface area (Å²) in [6.45, 7) is 0. The van der Waals surface area contributed by atoms with Crippen LogP contribution < -0.4 is 15.9 Å². The van der Waals surface area contributed by atoms with Crippen molar-refractivity contribution in [3.63, 3.8) is 0 Å². The number of nitrogens with zero attached hydrogens (tertiary/aromatic N) is 2. The number of hydrogen-bond acceptors (Lipinski definition) is 8. The van der Waals surface area contributed by atoms with Gasteiger partial charge in [0.1, 0.15) is 23.2 Å². The Morgan fingerprint density at radius 2 is 1.91 bits per heavy atom. The molecule has 0 radical (unpaired) electrons. The Bertz CT molecular complexity index is 1230. The van der Waals surface area contributed by atoms with Crippen LogP contribution in [0.4, 0.5) is 0 Å². The van der Waals surface area contributed by atoms with Crippen LogP contribution in [0.2, 0.25) is 10.0 Å². The molecule has 2 aromatic carbocycles. The average Bonchev–Trinajstić information content (AvgIpc) is 2.84. The Morgan fingerprint density at radius 1 is 1.26 bits per heavy atom. The van der Waals surface area contributed by atoms with Gasteiger partial charge in [-0.25, -0.2) is 4.79 Å². The van der Waals surface area contributed by atoms with Gasteiger partial charge in [-0.15, -0.1) is 11.8 Å². The first-order chi connectivity index (χ1) is 16.7. The normalized spacial score (nSPS) is 20.3. The van der Waals surface area contributed by atoms with Gasteiger partial charge in [0, 0.05) is 11.3 Å². The van der Waals surface area contributed by atoms with Crippen molar-refractivity contribution in [2.24, 2.45) is 10.9 Å². The van der Waals surface area contributed by atoms with Crippen molar-refractivity contribution in [1.82, 2.24) is 10.2 Å². The molecular formula is C22H18Cl2N4O6S.